The summed E-state index contributed by atoms with van der Waals surface area (Å²) in [6, 6.07) is 7.99. The van der Waals surface area contributed by atoms with Gasteiger partial charge in [0.05, 0.1) is 12.2 Å². The van der Waals surface area contributed by atoms with Gasteiger partial charge in [0.15, 0.2) is 0 Å². The van der Waals surface area contributed by atoms with Crippen LogP contribution in [0.5, 0.6) is 0 Å². The summed E-state index contributed by atoms with van der Waals surface area (Å²) in [6.45, 7) is 8.29. The van der Waals surface area contributed by atoms with Crippen LogP contribution in [-0.4, -0.2) is 21.5 Å². The molecule has 0 unspecified atom stereocenters. The molecule has 0 spiro atoms. The topological polar surface area (TPSA) is 42.7 Å². The van der Waals surface area contributed by atoms with Crippen LogP contribution in [0, 0.1) is 5.41 Å². The Morgan fingerprint density at radius 3 is 2.75 bits per heavy atom. The molecule has 0 aliphatic rings. The Kier molecular flexibility index (Phi) is 2.92. The molecule has 0 aliphatic heterocycles. The van der Waals surface area contributed by atoms with Crippen molar-refractivity contribution in [1.29, 1.82) is 0 Å². The quantitative estimate of drug-likeness (QED) is 0.857. The number of nitrogens with one attached hydrogen (secondary N) is 1. The lowest BCUT2D eigenvalue weighted by atomic mass is 9.97. The van der Waals surface area contributed by atoms with E-state index in [0.29, 0.717) is 6.67 Å². The Balaban J connectivity index is 2.05. The lowest BCUT2D eigenvalue weighted by Crippen LogP contribution is -2.29. The summed E-state index contributed by atoms with van der Waals surface area (Å²) in [4.78, 5) is 0. The number of aromatic nitrogens is 3. The van der Waals surface area contributed by atoms with Crippen LogP contribution in [0.3, 0.4) is 0 Å². The maximum atomic E-state index is 4.12. The van der Waals surface area contributed by atoms with Crippen molar-refractivity contribution >= 4 is 11.0 Å². The second-order valence-corrected chi connectivity index (χ2v) is 5.22. The predicted molar refractivity (Wildman–Crippen MR) is 65.0 cm³/mol. The van der Waals surface area contributed by atoms with Gasteiger partial charge in [-0.25, -0.2) is 4.68 Å². The van der Waals surface area contributed by atoms with Gasteiger partial charge in [-0.2, -0.15) is 0 Å². The largest absolute Gasteiger partial charge is 0.298 e. The predicted octanol–water partition coefficient (Wildman–Crippen LogP) is 2.02. The van der Waals surface area contributed by atoms with Gasteiger partial charge >= 0.3 is 0 Å². The fourth-order valence-corrected chi connectivity index (χ4v) is 1.57. The zero-order valence-corrected chi connectivity index (χ0v) is 10.1. The first-order valence-corrected chi connectivity index (χ1v) is 5.55. The van der Waals surface area contributed by atoms with E-state index < -0.39 is 0 Å². The van der Waals surface area contributed by atoms with Crippen molar-refractivity contribution in [3.63, 3.8) is 0 Å². The molecule has 4 heteroatoms. The Labute approximate surface area is 95.6 Å². The highest BCUT2D eigenvalue weighted by Crippen LogP contribution is 2.11. The monoisotopic (exact) mass is 218 g/mol. The van der Waals surface area contributed by atoms with E-state index in [1.165, 1.54) is 0 Å². The lowest BCUT2D eigenvalue weighted by Gasteiger charge is -2.18. The maximum Gasteiger partial charge on any atom is 0.113 e. The number of benzene rings is 1. The molecule has 1 heterocycles. The second kappa shape index (κ2) is 4.22. The van der Waals surface area contributed by atoms with Crippen LogP contribution in [0.4, 0.5) is 0 Å². The van der Waals surface area contributed by atoms with Crippen LogP contribution < -0.4 is 5.32 Å². The van der Waals surface area contributed by atoms with Crippen molar-refractivity contribution in [3.05, 3.63) is 24.3 Å². The summed E-state index contributed by atoms with van der Waals surface area (Å²) in [5.41, 5.74) is 2.31. The molecule has 0 saturated carbocycles. The molecular weight excluding hydrogens is 200 g/mol. The van der Waals surface area contributed by atoms with Crippen LogP contribution in [0.1, 0.15) is 20.8 Å². The van der Waals surface area contributed by atoms with Gasteiger partial charge in [-0.15, -0.1) is 5.10 Å². The molecule has 0 saturated heterocycles. The number of hydrogen-bond donors (Lipinski definition) is 1. The fraction of sp³-hybridized carbons (Fsp3) is 0.500. The van der Waals surface area contributed by atoms with Gasteiger partial charge in [0, 0.05) is 6.54 Å². The van der Waals surface area contributed by atoms with Gasteiger partial charge in [-0.1, -0.05) is 38.1 Å². The number of hydrogen-bond acceptors (Lipinski definition) is 3. The molecule has 2 rings (SSSR count). The van der Waals surface area contributed by atoms with Gasteiger partial charge in [0.25, 0.3) is 0 Å². The third-order valence-corrected chi connectivity index (χ3v) is 2.34. The van der Waals surface area contributed by atoms with E-state index in [0.717, 1.165) is 17.6 Å². The van der Waals surface area contributed by atoms with Crippen LogP contribution >= 0.6 is 0 Å². The second-order valence-electron chi connectivity index (χ2n) is 5.22. The summed E-state index contributed by atoms with van der Waals surface area (Å²) < 4.78 is 1.89. The van der Waals surface area contributed by atoms with Gasteiger partial charge < -0.3 is 0 Å². The summed E-state index contributed by atoms with van der Waals surface area (Å²) in [5.74, 6) is 0. The van der Waals surface area contributed by atoms with Crippen molar-refractivity contribution in [2.24, 2.45) is 5.41 Å². The maximum absolute atomic E-state index is 4.12. The average Bonchev–Trinajstić information content (AvgIpc) is 2.60. The third-order valence-electron chi connectivity index (χ3n) is 2.34. The standard InChI is InChI=1S/C12H18N4/c1-12(2,3)8-13-9-16-11-7-5-4-6-10(11)14-15-16/h4-7,13H,8-9H2,1-3H3. The molecule has 2 aromatic rings. The highest BCUT2D eigenvalue weighted by Gasteiger charge is 2.09. The highest BCUT2D eigenvalue weighted by molar-refractivity contribution is 5.73. The van der Waals surface area contributed by atoms with Gasteiger partial charge in [-0.05, 0) is 17.5 Å². The Morgan fingerprint density at radius 2 is 2.00 bits per heavy atom. The average molecular weight is 218 g/mol. The minimum atomic E-state index is 0.288. The molecule has 86 valence electrons. The molecule has 0 atom stereocenters. The summed E-state index contributed by atoms with van der Waals surface area (Å²) in [7, 11) is 0. The van der Waals surface area contributed by atoms with E-state index in [-0.39, 0.29) is 5.41 Å². The zero-order chi connectivity index (χ0) is 11.6. The van der Waals surface area contributed by atoms with Crippen molar-refractivity contribution in [2.75, 3.05) is 6.54 Å². The molecule has 16 heavy (non-hydrogen) atoms. The summed E-state index contributed by atoms with van der Waals surface area (Å²) >= 11 is 0. The zero-order valence-electron chi connectivity index (χ0n) is 10.1. The van der Waals surface area contributed by atoms with Crippen LogP contribution in [0.15, 0.2) is 24.3 Å². The van der Waals surface area contributed by atoms with Crippen molar-refractivity contribution in [2.45, 2.75) is 27.4 Å². The molecule has 0 amide bonds. The molecule has 4 nitrogen and oxygen atoms in total. The SMILES string of the molecule is CC(C)(C)CNCn1nnc2ccccc21. The van der Waals surface area contributed by atoms with Crippen LogP contribution in [-0.2, 0) is 6.67 Å². The van der Waals surface area contributed by atoms with E-state index in [9.17, 15) is 0 Å². The van der Waals surface area contributed by atoms with E-state index >= 15 is 0 Å². The number of rotatable bonds is 3. The molecule has 0 radical (unpaired) electrons. The molecule has 1 N–H and O–H groups in total. The number of fused-ring (bicyclic) bond motifs is 1. The van der Waals surface area contributed by atoms with E-state index in [2.05, 4.69) is 36.4 Å². The molecule has 1 aromatic heterocycles. The van der Waals surface area contributed by atoms with Crippen molar-refractivity contribution < 1.29 is 0 Å². The van der Waals surface area contributed by atoms with Crippen LogP contribution in [0.25, 0.3) is 11.0 Å². The number of para-hydroxylation sites is 1. The van der Waals surface area contributed by atoms with Crippen molar-refractivity contribution in [1.82, 2.24) is 20.3 Å². The van der Waals surface area contributed by atoms with Crippen molar-refractivity contribution in [3.8, 4) is 0 Å². The first kappa shape index (κ1) is 11.1. The summed E-state index contributed by atoms with van der Waals surface area (Å²) in [5, 5.41) is 11.6. The molecule has 0 aliphatic carbocycles. The normalized spacial score (nSPS) is 12.2. The Bertz CT molecular complexity index is 467. The fourth-order valence-electron chi connectivity index (χ4n) is 1.57. The van der Waals surface area contributed by atoms with Crippen LogP contribution in [0.2, 0.25) is 0 Å². The van der Waals surface area contributed by atoms with E-state index in [4.69, 9.17) is 0 Å². The highest BCUT2D eigenvalue weighted by atomic mass is 15.4. The molecular formula is C12H18N4. The Hall–Kier alpha value is -1.42. The third kappa shape index (κ3) is 2.58. The van der Waals surface area contributed by atoms with E-state index in [1.807, 2.05) is 28.9 Å². The minimum absolute atomic E-state index is 0.288. The summed E-state index contributed by atoms with van der Waals surface area (Å²) in [6.07, 6.45) is 0. The number of nitrogens with zero attached hydrogens (tertiary/aromatic N) is 3. The molecule has 0 bridgehead atoms. The first-order chi connectivity index (χ1) is 7.56. The molecule has 0 fully saturated rings. The molecule has 1 aromatic carbocycles. The van der Waals surface area contributed by atoms with E-state index in [1.54, 1.807) is 0 Å². The van der Waals surface area contributed by atoms with Gasteiger partial charge in [0.2, 0.25) is 0 Å². The smallest absolute Gasteiger partial charge is 0.113 e. The Morgan fingerprint density at radius 1 is 1.25 bits per heavy atom. The van der Waals surface area contributed by atoms with Gasteiger partial charge in [0.1, 0.15) is 5.52 Å². The first-order valence-electron chi connectivity index (χ1n) is 5.55. The minimum Gasteiger partial charge on any atom is -0.298 e. The van der Waals surface area contributed by atoms with Gasteiger partial charge in [-0.3, -0.25) is 5.32 Å². The lowest BCUT2D eigenvalue weighted by molar-refractivity contribution is 0.354.